The van der Waals surface area contributed by atoms with Crippen molar-refractivity contribution in [3.63, 3.8) is 0 Å². The number of benzene rings is 2. The second-order valence-electron chi connectivity index (χ2n) is 9.62. The molecule has 6 nitrogen and oxygen atoms in total. The van der Waals surface area contributed by atoms with Crippen molar-refractivity contribution < 1.29 is 45.1 Å². The van der Waals surface area contributed by atoms with Crippen molar-refractivity contribution in [3.8, 4) is 0 Å². The van der Waals surface area contributed by atoms with E-state index < -0.39 is 68.1 Å². The summed E-state index contributed by atoms with van der Waals surface area (Å²) in [6.45, 7) is -0.268. The van der Waals surface area contributed by atoms with E-state index in [0.717, 1.165) is 36.4 Å². The van der Waals surface area contributed by atoms with Gasteiger partial charge in [0.15, 0.2) is 9.84 Å². The van der Waals surface area contributed by atoms with E-state index in [-0.39, 0.29) is 41.7 Å². The summed E-state index contributed by atoms with van der Waals surface area (Å²) in [5.41, 5.74) is -3.95. The first-order chi connectivity index (χ1) is 17.1. The standard InChI is InChI=1S/C25H24F5NO5S/c1-23(27,25(28,29)30)15-3-9-19-14(12-15)2-8-20-18(22(34)31-13-21(32)33)10-11-24(19,20)37(35,36)17-6-4-16(26)5-7-17/h3-7,9,12,18,20H,2,8,10-11,13H2,1H3,(H,31,34)(H,32,33)/t18-,20+,23?,24-/m1/s1. The number of nitrogens with one attached hydrogen (secondary N) is 1. The van der Waals surface area contributed by atoms with Crippen LogP contribution < -0.4 is 5.32 Å². The van der Waals surface area contributed by atoms with Gasteiger partial charge in [-0.05, 0) is 79.5 Å². The highest BCUT2D eigenvalue weighted by molar-refractivity contribution is 7.92. The maximum Gasteiger partial charge on any atom is 0.426 e. The molecule has 0 aromatic heterocycles. The third-order valence-electron chi connectivity index (χ3n) is 7.63. The number of carboxylic acid groups (broad SMARTS) is 1. The zero-order chi connectivity index (χ0) is 27.4. The highest BCUT2D eigenvalue weighted by Gasteiger charge is 2.62. The van der Waals surface area contributed by atoms with Crippen LogP contribution in [0.25, 0.3) is 0 Å². The molecule has 37 heavy (non-hydrogen) atoms. The second kappa shape index (κ2) is 9.07. The van der Waals surface area contributed by atoms with Crippen LogP contribution in [0.1, 0.15) is 42.9 Å². The molecule has 0 saturated heterocycles. The molecule has 1 fully saturated rings. The number of carboxylic acids is 1. The summed E-state index contributed by atoms with van der Waals surface area (Å²) in [7, 11) is -4.34. The summed E-state index contributed by atoms with van der Waals surface area (Å²) in [5, 5.41) is 11.2. The lowest BCUT2D eigenvalue weighted by atomic mass is 9.72. The van der Waals surface area contributed by atoms with Gasteiger partial charge >= 0.3 is 12.1 Å². The lowest BCUT2D eigenvalue weighted by Crippen LogP contribution is -2.47. The molecule has 2 aromatic carbocycles. The molecule has 2 aromatic rings. The van der Waals surface area contributed by atoms with Crippen LogP contribution in [-0.2, 0) is 36.3 Å². The van der Waals surface area contributed by atoms with Crippen molar-refractivity contribution in [1.82, 2.24) is 5.32 Å². The molecule has 1 unspecified atom stereocenters. The molecule has 12 heteroatoms. The van der Waals surface area contributed by atoms with Crippen molar-refractivity contribution in [2.75, 3.05) is 6.54 Å². The third kappa shape index (κ3) is 4.28. The number of hydrogen-bond acceptors (Lipinski definition) is 4. The molecule has 200 valence electrons. The summed E-state index contributed by atoms with van der Waals surface area (Å²) in [6, 6.07) is 7.22. The van der Waals surface area contributed by atoms with Crippen molar-refractivity contribution in [2.24, 2.45) is 11.8 Å². The van der Waals surface area contributed by atoms with Gasteiger partial charge < -0.3 is 10.4 Å². The normalized spacial score (nSPS) is 25.0. The van der Waals surface area contributed by atoms with Crippen molar-refractivity contribution in [3.05, 3.63) is 65.0 Å². The van der Waals surface area contributed by atoms with Crippen molar-refractivity contribution in [2.45, 2.75) is 54.1 Å². The average molecular weight is 546 g/mol. The van der Waals surface area contributed by atoms with Crippen LogP contribution in [0, 0.1) is 17.7 Å². The summed E-state index contributed by atoms with van der Waals surface area (Å²) in [5.74, 6) is -4.32. The lowest BCUT2D eigenvalue weighted by molar-refractivity contribution is -0.228. The molecule has 0 aliphatic heterocycles. The van der Waals surface area contributed by atoms with Gasteiger partial charge in [0.2, 0.25) is 11.6 Å². The number of aliphatic carboxylic acids is 1. The van der Waals surface area contributed by atoms with Crippen LogP contribution in [0.5, 0.6) is 0 Å². The highest BCUT2D eigenvalue weighted by atomic mass is 32.2. The number of carbonyl (C=O) groups excluding carboxylic acids is 1. The molecule has 1 saturated carbocycles. The number of carbonyl (C=O) groups is 2. The van der Waals surface area contributed by atoms with Crippen LogP contribution in [0.15, 0.2) is 47.4 Å². The molecule has 0 radical (unpaired) electrons. The number of hydrogen-bond donors (Lipinski definition) is 2. The Hall–Kier alpha value is -3.02. The highest BCUT2D eigenvalue weighted by Crippen LogP contribution is 2.59. The van der Waals surface area contributed by atoms with E-state index in [0.29, 0.717) is 6.92 Å². The number of fused-ring (bicyclic) bond motifs is 3. The predicted molar refractivity (Wildman–Crippen MR) is 121 cm³/mol. The smallest absolute Gasteiger partial charge is 0.426 e. The number of aryl methyl sites for hydroxylation is 1. The monoisotopic (exact) mass is 545 g/mol. The number of amides is 1. The van der Waals surface area contributed by atoms with Gasteiger partial charge in [-0.2, -0.15) is 13.2 Å². The summed E-state index contributed by atoms with van der Waals surface area (Å²) >= 11 is 0. The number of halogens is 5. The Kier molecular flexibility index (Phi) is 6.63. The zero-order valence-corrected chi connectivity index (χ0v) is 20.4. The van der Waals surface area contributed by atoms with Crippen molar-refractivity contribution in [1.29, 1.82) is 0 Å². The first kappa shape index (κ1) is 27.0. The molecule has 1 amide bonds. The van der Waals surface area contributed by atoms with E-state index in [9.17, 15) is 40.0 Å². The number of alkyl halides is 4. The van der Waals surface area contributed by atoms with Crippen LogP contribution in [-0.4, -0.2) is 38.1 Å². The Morgan fingerprint density at radius 2 is 1.73 bits per heavy atom. The third-order valence-corrected chi connectivity index (χ3v) is 10.2. The maximum atomic E-state index is 14.7. The minimum Gasteiger partial charge on any atom is -0.480 e. The molecule has 4 atom stereocenters. The van der Waals surface area contributed by atoms with E-state index in [1.54, 1.807) is 0 Å². The molecule has 4 rings (SSSR count). The Bertz CT molecular complexity index is 1340. The quantitative estimate of drug-likeness (QED) is 0.414. The first-order valence-electron chi connectivity index (χ1n) is 11.5. The molecule has 0 spiro atoms. The topological polar surface area (TPSA) is 101 Å². The van der Waals surface area contributed by atoms with E-state index >= 15 is 0 Å². The van der Waals surface area contributed by atoms with Crippen LogP contribution >= 0.6 is 0 Å². The molecule has 2 aliphatic rings. The fraction of sp³-hybridized carbons (Fsp3) is 0.440. The fourth-order valence-electron chi connectivity index (χ4n) is 5.74. The molecule has 0 heterocycles. The van der Waals surface area contributed by atoms with Gasteiger partial charge in [-0.1, -0.05) is 18.2 Å². The van der Waals surface area contributed by atoms with Gasteiger partial charge in [-0.25, -0.2) is 17.2 Å². The van der Waals surface area contributed by atoms with E-state index in [2.05, 4.69) is 5.32 Å². The molecule has 2 N–H and O–H groups in total. The molecular formula is C25H24F5NO5S. The van der Waals surface area contributed by atoms with Crippen LogP contribution in [0.3, 0.4) is 0 Å². The Morgan fingerprint density at radius 1 is 1.08 bits per heavy atom. The Morgan fingerprint density at radius 3 is 2.32 bits per heavy atom. The summed E-state index contributed by atoms with van der Waals surface area (Å²) < 4.78 is 94.9. The van der Waals surface area contributed by atoms with Crippen molar-refractivity contribution >= 4 is 21.7 Å². The maximum absolute atomic E-state index is 14.7. The average Bonchev–Trinajstić information content (AvgIpc) is 3.23. The zero-order valence-electron chi connectivity index (χ0n) is 19.6. The molecule has 2 aliphatic carbocycles. The number of rotatable bonds is 6. The van der Waals surface area contributed by atoms with E-state index in [4.69, 9.17) is 5.11 Å². The fourth-order valence-corrected chi connectivity index (χ4v) is 8.21. The van der Waals surface area contributed by atoms with Gasteiger partial charge in [0.25, 0.3) is 0 Å². The minimum absolute atomic E-state index is 0.0705. The lowest BCUT2D eigenvalue weighted by Gasteiger charge is -2.42. The minimum atomic E-state index is -5.20. The molecular weight excluding hydrogens is 521 g/mol. The van der Waals surface area contributed by atoms with Gasteiger partial charge in [-0.15, -0.1) is 0 Å². The molecule has 0 bridgehead atoms. The summed E-state index contributed by atoms with van der Waals surface area (Å²) in [4.78, 5) is 23.6. The second-order valence-corrected chi connectivity index (χ2v) is 11.8. The number of sulfone groups is 1. The summed E-state index contributed by atoms with van der Waals surface area (Å²) in [6.07, 6.45) is -5.04. The largest absolute Gasteiger partial charge is 0.480 e. The van der Waals surface area contributed by atoms with E-state index in [1.807, 2.05) is 0 Å². The van der Waals surface area contributed by atoms with Gasteiger partial charge in [0, 0.05) is 5.92 Å². The van der Waals surface area contributed by atoms with Crippen LogP contribution in [0.2, 0.25) is 0 Å². The van der Waals surface area contributed by atoms with Gasteiger partial charge in [0.05, 0.1) is 4.90 Å². The van der Waals surface area contributed by atoms with Gasteiger partial charge in [0.1, 0.15) is 17.1 Å². The van der Waals surface area contributed by atoms with E-state index in [1.165, 1.54) is 6.07 Å². The Labute approximate surface area is 209 Å². The Balaban J connectivity index is 1.88. The van der Waals surface area contributed by atoms with Gasteiger partial charge in [-0.3, -0.25) is 9.59 Å². The SMILES string of the molecule is CC(F)(c1ccc2c(c1)CC[C@H]1[C@H](C(=O)NCC(=O)O)CC[C@@]21S(=O)(=O)c1ccc(F)cc1)C(F)(F)F. The first-order valence-corrected chi connectivity index (χ1v) is 13.0. The predicted octanol–water partition coefficient (Wildman–Crippen LogP) is 4.42. The van der Waals surface area contributed by atoms with Crippen LogP contribution in [0.4, 0.5) is 22.0 Å².